The van der Waals surface area contributed by atoms with Gasteiger partial charge in [-0.2, -0.15) is 0 Å². The maximum Gasteiger partial charge on any atom is 0.107 e. The van der Waals surface area contributed by atoms with Crippen molar-refractivity contribution in [1.82, 2.24) is 0 Å². The fourth-order valence-corrected chi connectivity index (χ4v) is 0.129. The summed E-state index contributed by atoms with van der Waals surface area (Å²) in [6, 6.07) is 0. The van der Waals surface area contributed by atoms with Gasteiger partial charge in [-0.3, -0.25) is 0 Å². The van der Waals surface area contributed by atoms with Crippen LogP contribution in [0.1, 0.15) is 13.8 Å². The van der Waals surface area contributed by atoms with Crippen molar-refractivity contribution in [2.24, 2.45) is 5.92 Å². The van der Waals surface area contributed by atoms with E-state index in [0.717, 1.165) is 0 Å². The van der Waals surface area contributed by atoms with Crippen LogP contribution < -0.4 is 0 Å². The van der Waals surface area contributed by atoms with E-state index in [-0.39, 0.29) is 5.92 Å². The van der Waals surface area contributed by atoms with Crippen molar-refractivity contribution in [2.75, 3.05) is 0 Å². The van der Waals surface area contributed by atoms with E-state index in [0.29, 0.717) is 0 Å². The van der Waals surface area contributed by atoms with Crippen molar-refractivity contribution < 1.29 is 5.11 Å². The van der Waals surface area contributed by atoms with Crippen LogP contribution in [0.5, 0.6) is 0 Å². The van der Waals surface area contributed by atoms with Crippen LogP contribution in [0.2, 0.25) is 0 Å². The first kappa shape index (κ1) is 10.2. The number of hydrogen-bond acceptors (Lipinski definition) is 1. The van der Waals surface area contributed by atoms with E-state index in [1.165, 1.54) is 0 Å². The smallest absolute Gasteiger partial charge is 0.107 e. The summed E-state index contributed by atoms with van der Waals surface area (Å²) in [7, 11) is 0. The molecule has 0 heterocycles. The number of rotatable bonds is 0. The highest BCUT2D eigenvalue weighted by atomic mass is 16.2. The highest BCUT2D eigenvalue weighted by Gasteiger charge is 1.77. The summed E-state index contributed by atoms with van der Waals surface area (Å²) < 4.78 is 0. The molecule has 1 N–H and O–H groups in total. The predicted octanol–water partition coefficient (Wildman–Crippen LogP) is 1.78. The van der Waals surface area contributed by atoms with Gasteiger partial charge in [0.1, 0.15) is 6.11 Å². The van der Waals surface area contributed by atoms with Crippen molar-refractivity contribution in [1.29, 1.82) is 0 Å². The molecule has 0 aromatic carbocycles. The van der Waals surface area contributed by atoms with Gasteiger partial charge in [-0.15, -0.1) is 13.2 Å². The molecule has 0 saturated heterocycles. The molecule has 0 amide bonds. The highest BCUT2D eigenvalue weighted by Crippen LogP contribution is 1.83. The van der Waals surface area contributed by atoms with Crippen LogP contribution in [0.4, 0.5) is 0 Å². The van der Waals surface area contributed by atoms with E-state index in [1.54, 1.807) is 0 Å². The van der Waals surface area contributed by atoms with Crippen LogP contribution in [0.25, 0.3) is 0 Å². The van der Waals surface area contributed by atoms with Crippen molar-refractivity contribution >= 4 is 0 Å². The molecule has 0 aromatic heterocycles. The monoisotopic (exact) mass is 112 g/mol. The summed E-state index contributed by atoms with van der Waals surface area (Å²) in [5.41, 5.74) is 0. The van der Waals surface area contributed by atoms with E-state index in [1.807, 2.05) is 20.0 Å². The van der Waals surface area contributed by atoms with Crippen molar-refractivity contribution in [2.45, 2.75) is 13.8 Å². The summed E-state index contributed by atoms with van der Waals surface area (Å²) in [4.78, 5) is 0. The van der Waals surface area contributed by atoms with E-state index in [9.17, 15) is 0 Å². The second kappa shape index (κ2) is 9.44. The fraction of sp³-hybridized carbons (Fsp3) is 0.429. The van der Waals surface area contributed by atoms with E-state index in [4.69, 9.17) is 5.11 Å². The summed E-state index contributed by atoms with van der Waals surface area (Å²) >= 11 is 0. The minimum absolute atomic E-state index is 0.287. The molecule has 0 aliphatic rings. The van der Waals surface area contributed by atoms with Gasteiger partial charge in [0.15, 0.2) is 0 Å². The Morgan fingerprint density at radius 2 is 1.75 bits per heavy atom. The summed E-state index contributed by atoms with van der Waals surface area (Å²) in [6.45, 7) is 9.84. The zero-order valence-electron chi connectivity index (χ0n) is 5.44. The van der Waals surface area contributed by atoms with Gasteiger partial charge in [0.2, 0.25) is 0 Å². The average molecular weight is 112 g/mol. The van der Waals surface area contributed by atoms with Gasteiger partial charge < -0.3 is 5.11 Å². The van der Waals surface area contributed by atoms with Gasteiger partial charge in [0, 0.05) is 5.92 Å². The lowest BCUT2D eigenvalue weighted by molar-refractivity contribution is 0.514. The molecule has 0 aliphatic carbocycles. The molecule has 46 valence electrons. The van der Waals surface area contributed by atoms with Crippen LogP contribution in [0, 0.1) is 17.9 Å². The molecule has 0 aliphatic heterocycles. The van der Waals surface area contributed by atoms with E-state index < -0.39 is 0 Å². The van der Waals surface area contributed by atoms with Gasteiger partial charge in [-0.1, -0.05) is 19.8 Å². The first-order valence-corrected chi connectivity index (χ1v) is 2.42. The molecule has 0 radical (unpaired) electrons. The third-order valence-corrected chi connectivity index (χ3v) is 0.353. The van der Waals surface area contributed by atoms with Crippen LogP contribution in [-0.4, -0.2) is 5.11 Å². The Kier molecular flexibility index (Phi) is 12.0. The van der Waals surface area contributed by atoms with Gasteiger partial charge in [0.05, 0.1) is 0 Å². The quantitative estimate of drug-likeness (QED) is 0.374. The van der Waals surface area contributed by atoms with Gasteiger partial charge >= 0.3 is 0 Å². The molecule has 0 bridgehead atoms. The fourth-order valence-electron chi connectivity index (χ4n) is 0.129. The Morgan fingerprint density at radius 1 is 1.38 bits per heavy atom. The third kappa shape index (κ3) is 19.4. The standard InChI is InChI=1S/C5H8O.C2H4/c1-5(2)3-4-6;1-2/h5-6H,1-2H3;1-2H2. The Balaban J connectivity index is 0. The maximum atomic E-state index is 7.88. The topological polar surface area (TPSA) is 20.2 Å². The number of hydrogen-bond donors (Lipinski definition) is 1. The van der Waals surface area contributed by atoms with E-state index in [2.05, 4.69) is 19.1 Å². The zero-order chi connectivity index (χ0) is 6.99. The van der Waals surface area contributed by atoms with Crippen LogP contribution in [0.15, 0.2) is 13.2 Å². The van der Waals surface area contributed by atoms with Crippen molar-refractivity contribution in [3.63, 3.8) is 0 Å². The number of aliphatic hydroxyl groups is 1. The Hall–Kier alpha value is -0.900. The molecule has 0 spiro atoms. The lowest BCUT2D eigenvalue weighted by atomic mass is 10.2. The molecule has 8 heavy (non-hydrogen) atoms. The molecule has 1 heteroatoms. The molecule has 0 aromatic rings. The third-order valence-electron chi connectivity index (χ3n) is 0.353. The maximum absolute atomic E-state index is 7.88. The normalized spacial score (nSPS) is 5.88. The lowest BCUT2D eigenvalue weighted by Crippen LogP contribution is -1.75. The molecule has 0 unspecified atom stereocenters. The average Bonchev–Trinajstić information content (AvgIpc) is 1.72. The second-order valence-electron chi connectivity index (χ2n) is 1.41. The Labute approximate surface area is 51.0 Å². The summed E-state index contributed by atoms with van der Waals surface area (Å²) in [5, 5.41) is 7.88. The largest absolute Gasteiger partial charge is 0.462 e. The zero-order valence-corrected chi connectivity index (χ0v) is 5.44. The molecular weight excluding hydrogens is 100 g/mol. The molecule has 1 nitrogen and oxygen atoms in total. The van der Waals surface area contributed by atoms with Crippen LogP contribution >= 0.6 is 0 Å². The highest BCUT2D eigenvalue weighted by molar-refractivity contribution is 4.92. The van der Waals surface area contributed by atoms with E-state index >= 15 is 0 Å². The first-order valence-electron chi connectivity index (χ1n) is 2.42. The Bertz CT molecular complexity index is 84.3. The Morgan fingerprint density at radius 3 is 1.75 bits per heavy atom. The molecule has 0 atom stereocenters. The lowest BCUT2D eigenvalue weighted by Gasteiger charge is -1.80. The predicted molar refractivity (Wildman–Crippen MR) is 35.8 cm³/mol. The van der Waals surface area contributed by atoms with Crippen molar-refractivity contribution in [3.05, 3.63) is 13.2 Å². The van der Waals surface area contributed by atoms with Gasteiger partial charge in [0.25, 0.3) is 0 Å². The van der Waals surface area contributed by atoms with Gasteiger partial charge in [-0.05, 0) is 0 Å². The minimum atomic E-state index is 0.287. The minimum Gasteiger partial charge on any atom is -0.462 e. The summed E-state index contributed by atoms with van der Waals surface area (Å²) in [6.07, 6.45) is 1.82. The molecule has 0 saturated carbocycles. The molecule has 0 fully saturated rings. The molecular formula is C7H12O. The summed E-state index contributed by atoms with van der Waals surface area (Å²) in [5.74, 6) is 2.80. The number of aliphatic hydroxyl groups excluding tert-OH is 1. The van der Waals surface area contributed by atoms with Gasteiger partial charge in [-0.25, -0.2) is 0 Å². The second-order valence-corrected chi connectivity index (χ2v) is 1.41. The first-order chi connectivity index (χ1) is 3.77. The SMILES string of the molecule is C=C.CC(C)C#CO. The van der Waals surface area contributed by atoms with Crippen molar-refractivity contribution in [3.8, 4) is 12.0 Å². The molecule has 0 rings (SSSR count). The van der Waals surface area contributed by atoms with Crippen LogP contribution in [-0.2, 0) is 0 Å². The van der Waals surface area contributed by atoms with Crippen LogP contribution in [0.3, 0.4) is 0 Å².